The summed E-state index contributed by atoms with van der Waals surface area (Å²) >= 11 is 4.95. The van der Waals surface area contributed by atoms with Crippen LogP contribution in [0.1, 0.15) is 28.6 Å². The van der Waals surface area contributed by atoms with Crippen molar-refractivity contribution in [2.45, 2.75) is 37.2 Å². The number of aryl methyl sites for hydroxylation is 3. The summed E-state index contributed by atoms with van der Waals surface area (Å²) in [5, 5.41) is 11.7. The Morgan fingerprint density at radius 3 is 2.70 bits per heavy atom. The highest BCUT2D eigenvalue weighted by atomic mass is 79.9. The molecule has 3 aromatic rings. The maximum atomic E-state index is 13.3. The third-order valence-corrected chi connectivity index (χ3v) is 6.87. The third kappa shape index (κ3) is 3.91. The molecule has 2 heterocycles. The number of rotatable bonds is 4. The minimum absolute atomic E-state index is 0.0942. The van der Waals surface area contributed by atoms with Crippen LogP contribution >= 0.6 is 27.7 Å². The van der Waals surface area contributed by atoms with Gasteiger partial charge in [0.05, 0.1) is 17.6 Å². The highest BCUT2D eigenvalue weighted by Crippen LogP contribution is 2.39. The van der Waals surface area contributed by atoms with Gasteiger partial charge < -0.3 is 15.5 Å². The number of hydrogen-bond acceptors (Lipinski definition) is 6. The van der Waals surface area contributed by atoms with Crippen LogP contribution in [0.15, 0.2) is 46.0 Å². The van der Waals surface area contributed by atoms with Gasteiger partial charge in [-0.2, -0.15) is 0 Å². The molecular weight excluding hydrogens is 466 g/mol. The largest absolute Gasteiger partial charge is 0.496 e. The number of ether oxygens (including phenoxy) is 1. The smallest absolute Gasteiger partial charge is 0.240 e. The van der Waals surface area contributed by atoms with Crippen LogP contribution in [0.5, 0.6) is 5.75 Å². The van der Waals surface area contributed by atoms with Gasteiger partial charge in [0.25, 0.3) is 0 Å². The van der Waals surface area contributed by atoms with E-state index in [-0.39, 0.29) is 11.9 Å². The molecule has 0 spiro atoms. The molecule has 1 amide bonds. The van der Waals surface area contributed by atoms with E-state index in [0.717, 1.165) is 38.4 Å². The van der Waals surface area contributed by atoms with E-state index in [0.29, 0.717) is 5.16 Å². The number of amides is 1. The van der Waals surface area contributed by atoms with Crippen molar-refractivity contribution < 1.29 is 9.53 Å². The maximum Gasteiger partial charge on any atom is 0.240 e. The Balaban J connectivity index is 1.69. The Morgan fingerprint density at radius 2 is 2.00 bits per heavy atom. The first kappa shape index (κ1) is 20.7. The summed E-state index contributed by atoms with van der Waals surface area (Å²) in [4.78, 5) is 13.3. The number of fused-ring (bicyclic) bond motifs is 1. The van der Waals surface area contributed by atoms with E-state index >= 15 is 0 Å². The Hall–Kier alpha value is -2.52. The number of carbonyl (C=O) groups is 1. The lowest BCUT2D eigenvalue weighted by Gasteiger charge is -2.33. The topological polar surface area (TPSA) is 81.1 Å². The van der Waals surface area contributed by atoms with Crippen LogP contribution in [0.3, 0.4) is 0 Å². The number of methoxy groups -OCH3 is 1. The number of anilines is 1. The van der Waals surface area contributed by atoms with Gasteiger partial charge in [-0.3, -0.25) is 4.79 Å². The van der Waals surface area contributed by atoms with Crippen molar-refractivity contribution in [1.82, 2.24) is 14.9 Å². The lowest BCUT2D eigenvalue weighted by Crippen LogP contribution is -2.41. The molecule has 0 radical (unpaired) electrons. The van der Waals surface area contributed by atoms with Gasteiger partial charge in [0.15, 0.2) is 0 Å². The lowest BCUT2D eigenvalue weighted by molar-refractivity contribution is -0.116. The van der Waals surface area contributed by atoms with Crippen molar-refractivity contribution in [2.75, 3.05) is 17.9 Å². The fourth-order valence-corrected chi connectivity index (χ4v) is 5.13. The van der Waals surface area contributed by atoms with Crippen molar-refractivity contribution in [3.63, 3.8) is 0 Å². The normalized spacial score (nSPS) is 17.8. The third-order valence-electron chi connectivity index (χ3n) is 5.03. The van der Waals surface area contributed by atoms with Crippen LogP contribution in [0.2, 0.25) is 0 Å². The summed E-state index contributed by atoms with van der Waals surface area (Å²) in [6.07, 6.45) is 0. The Labute approximate surface area is 187 Å². The quantitative estimate of drug-likeness (QED) is 0.568. The second-order valence-corrected chi connectivity index (χ2v) is 9.18. The second-order valence-electron chi connectivity index (χ2n) is 7.21. The highest BCUT2D eigenvalue weighted by Gasteiger charge is 2.37. The first-order chi connectivity index (χ1) is 14.4. The van der Waals surface area contributed by atoms with Crippen LogP contribution in [-0.2, 0) is 4.79 Å². The summed E-state index contributed by atoms with van der Waals surface area (Å²) < 4.78 is 8.01. The van der Waals surface area contributed by atoms with Crippen LogP contribution in [0, 0.1) is 20.8 Å². The van der Waals surface area contributed by atoms with Crippen LogP contribution in [0.25, 0.3) is 0 Å². The number of nitrogens with one attached hydrogen (secondary N) is 2. The van der Waals surface area contributed by atoms with Gasteiger partial charge in [-0.15, -0.1) is 10.2 Å². The molecule has 7 nitrogen and oxygen atoms in total. The summed E-state index contributed by atoms with van der Waals surface area (Å²) in [5.74, 6) is 1.38. The molecule has 0 fully saturated rings. The number of aromatic nitrogens is 3. The number of nitrogens with zero attached hydrogens (tertiary/aromatic N) is 3. The zero-order valence-corrected chi connectivity index (χ0v) is 19.5. The number of benzene rings is 2. The van der Waals surface area contributed by atoms with Crippen molar-refractivity contribution in [3.8, 4) is 5.75 Å². The van der Waals surface area contributed by atoms with Crippen molar-refractivity contribution >= 4 is 39.3 Å². The van der Waals surface area contributed by atoms with Crippen molar-refractivity contribution in [2.24, 2.45) is 0 Å². The molecule has 1 aliphatic heterocycles. The molecular formula is C21H22BrN5O2S. The van der Waals surface area contributed by atoms with Gasteiger partial charge in [-0.05, 0) is 66.0 Å². The molecule has 4 rings (SSSR count). The monoisotopic (exact) mass is 487 g/mol. The van der Waals surface area contributed by atoms with Gasteiger partial charge in [-0.1, -0.05) is 35.5 Å². The predicted molar refractivity (Wildman–Crippen MR) is 122 cm³/mol. The Morgan fingerprint density at radius 1 is 1.20 bits per heavy atom. The molecule has 30 heavy (non-hydrogen) atoms. The predicted octanol–water partition coefficient (Wildman–Crippen LogP) is 4.37. The molecule has 156 valence electrons. The molecule has 1 aliphatic rings. The molecule has 0 bridgehead atoms. The van der Waals surface area contributed by atoms with Crippen LogP contribution < -0.4 is 15.5 Å². The Kier molecular flexibility index (Phi) is 5.75. The summed E-state index contributed by atoms with van der Waals surface area (Å²) in [7, 11) is 1.63. The van der Waals surface area contributed by atoms with Crippen molar-refractivity contribution in [3.05, 3.63) is 63.4 Å². The molecule has 2 aromatic carbocycles. The highest BCUT2D eigenvalue weighted by molar-refractivity contribution is 9.10. The molecule has 2 atom stereocenters. The first-order valence-corrected chi connectivity index (χ1v) is 11.1. The number of thioether (sulfide) groups is 1. The maximum absolute atomic E-state index is 13.3. The zero-order valence-electron chi connectivity index (χ0n) is 17.1. The SMILES string of the molecule is COc1ccc([C@H]2Nn3c(C)nnc3S[C@@H]2C(=O)Nc2ccc(C)cc2C)cc1Br. The van der Waals surface area contributed by atoms with E-state index in [1.54, 1.807) is 7.11 Å². The Bertz CT molecular complexity index is 1120. The summed E-state index contributed by atoms with van der Waals surface area (Å²) in [6.45, 7) is 5.90. The molecule has 0 saturated carbocycles. The first-order valence-electron chi connectivity index (χ1n) is 9.44. The van der Waals surface area contributed by atoms with Crippen molar-refractivity contribution in [1.29, 1.82) is 0 Å². The number of halogens is 1. The van der Waals surface area contributed by atoms with Gasteiger partial charge in [-0.25, -0.2) is 4.68 Å². The number of hydrogen-bond donors (Lipinski definition) is 2. The molecule has 0 saturated heterocycles. The van der Waals surface area contributed by atoms with Gasteiger partial charge in [0.2, 0.25) is 11.1 Å². The zero-order chi connectivity index (χ0) is 21.4. The van der Waals surface area contributed by atoms with E-state index in [9.17, 15) is 4.79 Å². The minimum atomic E-state index is -0.443. The molecule has 0 unspecified atom stereocenters. The standard InChI is InChI=1S/C21H22BrN5O2S/c1-11-5-7-16(12(2)9-11)23-20(28)19-18(14-6-8-17(29-4)15(22)10-14)26-27-13(3)24-25-21(27)30-19/h5-10,18-19,26H,1-4H3,(H,23,28)/t18-,19+/m1/s1. The second kappa shape index (κ2) is 8.31. The van der Waals surface area contributed by atoms with E-state index in [1.807, 2.05) is 55.8 Å². The average Bonchev–Trinajstić information content (AvgIpc) is 3.09. The van der Waals surface area contributed by atoms with Crippen LogP contribution in [0.4, 0.5) is 5.69 Å². The number of carbonyl (C=O) groups excluding carboxylic acids is 1. The fraction of sp³-hybridized carbons (Fsp3) is 0.286. The minimum Gasteiger partial charge on any atom is -0.496 e. The average molecular weight is 488 g/mol. The molecule has 2 N–H and O–H groups in total. The van der Waals surface area contributed by atoms with E-state index in [2.05, 4.69) is 42.9 Å². The van der Waals surface area contributed by atoms with E-state index in [4.69, 9.17) is 4.74 Å². The fourth-order valence-electron chi connectivity index (χ4n) is 3.44. The molecule has 0 aliphatic carbocycles. The van der Waals surface area contributed by atoms with Gasteiger partial charge >= 0.3 is 0 Å². The van der Waals surface area contributed by atoms with Gasteiger partial charge in [0, 0.05) is 5.69 Å². The summed E-state index contributed by atoms with van der Waals surface area (Å²) in [6, 6.07) is 11.5. The molecule has 9 heteroatoms. The molecule has 1 aromatic heterocycles. The van der Waals surface area contributed by atoms with E-state index in [1.165, 1.54) is 11.8 Å². The lowest BCUT2D eigenvalue weighted by atomic mass is 10.0. The summed E-state index contributed by atoms with van der Waals surface area (Å²) in [5.41, 5.74) is 7.36. The van der Waals surface area contributed by atoms with Gasteiger partial charge in [0.1, 0.15) is 16.8 Å². The van der Waals surface area contributed by atoms with Crippen LogP contribution in [-0.4, -0.2) is 33.1 Å². The van der Waals surface area contributed by atoms with E-state index < -0.39 is 5.25 Å².